The van der Waals surface area contributed by atoms with Crippen LogP contribution in [0.3, 0.4) is 0 Å². The van der Waals surface area contributed by atoms with Gasteiger partial charge in [-0.1, -0.05) is 18.3 Å². The SMILES string of the molecule is CCC(NC)c1nn2c(-c3cccnc3)nnc2s1. The fraction of sp³-hybridized carbons (Fsp3) is 0.333. The molecule has 0 bridgehead atoms. The van der Waals surface area contributed by atoms with Crippen LogP contribution in [0.1, 0.15) is 24.4 Å². The van der Waals surface area contributed by atoms with E-state index >= 15 is 0 Å². The van der Waals surface area contributed by atoms with Crippen LogP contribution in [0.2, 0.25) is 0 Å². The highest BCUT2D eigenvalue weighted by molar-refractivity contribution is 7.16. The number of hydrogen-bond donors (Lipinski definition) is 1. The van der Waals surface area contributed by atoms with Crippen LogP contribution in [0.5, 0.6) is 0 Å². The maximum absolute atomic E-state index is 4.61. The Kier molecular flexibility index (Phi) is 3.22. The zero-order valence-corrected chi connectivity index (χ0v) is 11.6. The molecule has 0 aliphatic carbocycles. The van der Waals surface area contributed by atoms with E-state index < -0.39 is 0 Å². The molecule has 1 N–H and O–H groups in total. The van der Waals surface area contributed by atoms with E-state index in [2.05, 4.69) is 32.5 Å². The van der Waals surface area contributed by atoms with Crippen molar-refractivity contribution >= 4 is 16.3 Å². The molecule has 6 nitrogen and oxygen atoms in total. The Morgan fingerprint density at radius 1 is 1.42 bits per heavy atom. The topological polar surface area (TPSA) is 68.0 Å². The van der Waals surface area contributed by atoms with Gasteiger partial charge in [-0.2, -0.15) is 9.61 Å². The van der Waals surface area contributed by atoms with Gasteiger partial charge in [0, 0.05) is 18.0 Å². The normalized spacial score (nSPS) is 12.9. The molecule has 3 rings (SSSR count). The van der Waals surface area contributed by atoms with Gasteiger partial charge in [-0.15, -0.1) is 10.2 Å². The van der Waals surface area contributed by atoms with Crippen LogP contribution in [0.15, 0.2) is 24.5 Å². The van der Waals surface area contributed by atoms with Gasteiger partial charge in [0.2, 0.25) is 4.96 Å². The second kappa shape index (κ2) is 5.02. The first-order valence-electron chi connectivity index (χ1n) is 6.13. The Bertz CT molecular complexity index is 670. The summed E-state index contributed by atoms with van der Waals surface area (Å²) in [6.07, 6.45) is 4.50. The monoisotopic (exact) mass is 274 g/mol. The van der Waals surface area contributed by atoms with Crippen molar-refractivity contribution in [1.29, 1.82) is 0 Å². The molecular formula is C12H14N6S. The Morgan fingerprint density at radius 2 is 2.32 bits per heavy atom. The van der Waals surface area contributed by atoms with Crippen molar-refractivity contribution in [2.24, 2.45) is 0 Å². The first-order valence-corrected chi connectivity index (χ1v) is 6.95. The highest BCUT2D eigenvalue weighted by Crippen LogP contribution is 2.25. The predicted octanol–water partition coefficient (Wildman–Crippen LogP) is 1.92. The summed E-state index contributed by atoms with van der Waals surface area (Å²) in [6, 6.07) is 4.10. The Morgan fingerprint density at radius 3 is 3.00 bits per heavy atom. The molecule has 0 spiro atoms. The summed E-state index contributed by atoms with van der Waals surface area (Å²) in [4.78, 5) is 4.91. The number of pyridine rings is 1. The molecule has 0 saturated heterocycles. The second-order valence-corrected chi connectivity index (χ2v) is 5.14. The largest absolute Gasteiger partial charge is 0.311 e. The van der Waals surface area contributed by atoms with E-state index in [9.17, 15) is 0 Å². The summed E-state index contributed by atoms with van der Waals surface area (Å²) < 4.78 is 1.79. The van der Waals surface area contributed by atoms with E-state index in [1.54, 1.807) is 28.2 Å². The lowest BCUT2D eigenvalue weighted by atomic mass is 10.2. The Balaban J connectivity index is 2.08. The molecule has 0 fully saturated rings. The van der Waals surface area contributed by atoms with Crippen molar-refractivity contribution in [2.45, 2.75) is 19.4 Å². The molecule has 3 aromatic rings. The Labute approximate surface area is 114 Å². The minimum Gasteiger partial charge on any atom is -0.311 e. The average Bonchev–Trinajstić information content (AvgIpc) is 3.01. The van der Waals surface area contributed by atoms with Gasteiger partial charge in [-0.25, -0.2) is 0 Å². The standard InChI is InChI=1S/C12H14N6S/c1-3-9(13-2)11-17-18-10(15-16-12(18)19-11)8-5-4-6-14-7-8/h4-7,9,13H,3H2,1-2H3. The second-order valence-electron chi connectivity index (χ2n) is 4.15. The molecule has 1 atom stereocenters. The van der Waals surface area contributed by atoms with Gasteiger partial charge in [0.1, 0.15) is 5.01 Å². The maximum atomic E-state index is 4.61. The first kappa shape index (κ1) is 12.2. The fourth-order valence-corrected chi connectivity index (χ4v) is 2.98. The Hall–Kier alpha value is -1.86. The van der Waals surface area contributed by atoms with E-state index in [4.69, 9.17) is 0 Å². The lowest BCUT2D eigenvalue weighted by Crippen LogP contribution is -2.15. The number of rotatable bonds is 4. The molecule has 98 valence electrons. The molecule has 0 aliphatic rings. The molecular weight excluding hydrogens is 260 g/mol. The van der Waals surface area contributed by atoms with E-state index in [1.807, 2.05) is 19.2 Å². The predicted molar refractivity (Wildman–Crippen MR) is 74.0 cm³/mol. The summed E-state index contributed by atoms with van der Waals surface area (Å²) in [7, 11) is 1.94. The van der Waals surface area contributed by atoms with Crippen LogP contribution in [-0.4, -0.2) is 31.8 Å². The summed E-state index contributed by atoms with van der Waals surface area (Å²) in [5.74, 6) is 0.733. The van der Waals surface area contributed by atoms with Gasteiger partial charge in [-0.3, -0.25) is 4.98 Å². The van der Waals surface area contributed by atoms with Crippen molar-refractivity contribution < 1.29 is 0 Å². The van der Waals surface area contributed by atoms with Crippen molar-refractivity contribution in [3.05, 3.63) is 29.5 Å². The summed E-state index contributed by atoms with van der Waals surface area (Å²) in [5, 5.41) is 17.2. The number of nitrogens with zero attached hydrogens (tertiary/aromatic N) is 5. The zero-order valence-electron chi connectivity index (χ0n) is 10.7. The molecule has 3 aromatic heterocycles. The highest BCUT2D eigenvalue weighted by atomic mass is 32.1. The number of aromatic nitrogens is 5. The third-order valence-corrected chi connectivity index (χ3v) is 3.99. The smallest absolute Gasteiger partial charge is 0.235 e. The van der Waals surface area contributed by atoms with Crippen molar-refractivity contribution in [3.8, 4) is 11.4 Å². The van der Waals surface area contributed by atoms with Crippen molar-refractivity contribution in [1.82, 2.24) is 30.1 Å². The van der Waals surface area contributed by atoms with Crippen LogP contribution < -0.4 is 5.32 Å². The summed E-state index contributed by atoms with van der Waals surface area (Å²) >= 11 is 1.57. The van der Waals surface area contributed by atoms with Crippen molar-refractivity contribution in [2.75, 3.05) is 7.05 Å². The molecule has 0 aliphatic heterocycles. The van der Waals surface area contributed by atoms with Gasteiger partial charge in [-0.05, 0) is 25.6 Å². The van der Waals surface area contributed by atoms with Gasteiger partial charge >= 0.3 is 0 Å². The minimum atomic E-state index is 0.258. The van der Waals surface area contributed by atoms with E-state index in [0.29, 0.717) is 0 Å². The van der Waals surface area contributed by atoms with E-state index in [0.717, 1.165) is 27.8 Å². The number of hydrogen-bond acceptors (Lipinski definition) is 6. The van der Waals surface area contributed by atoms with Crippen LogP contribution in [0.4, 0.5) is 0 Å². The first-order chi connectivity index (χ1) is 9.33. The maximum Gasteiger partial charge on any atom is 0.235 e. The molecule has 3 heterocycles. The van der Waals surface area contributed by atoms with Crippen molar-refractivity contribution in [3.63, 3.8) is 0 Å². The lowest BCUT2D eigenvalue weighted by Gasteiger charge is -2.08. The molecule has 7 heteroatoms. The highest BCUT2D eigenvalue weighted by Gasteiger charge is 2.17. The van der Waals surface area contributed by atoms with E-state index in [-0.39, 0.29) is 6.04 Å². The van der Waals surface area contributed by atoms with E-state index in [1.165, 1.54) is 0 Å². The van der Waals surface area contributed by atoms with Gasteiger partial charge in [0.05, 0.1) is 6.04 Å². The third kappa shape index (κ3) is 2.11. The summed E-state index contributed by atoms with van der Waals surface area (Å²) in [5.41, 5.74) is 0.921. The van der Waals surface area contributed by atoms with Gasteiger partial charge < -0.3 is 5.32 Å². The third-order valence-electron chi connectivity index (χ3n) is 2.98. The molecule has 19 heavy (non-hydrogen) atoms. The molecule has 0 saturated carbocycles. The molecule has 0 aromatic carbocycles. The quantitative estimate of drug-likeness (QED) is 0.787. The minimum absolute atomic E-state index is 0.258. The number of fused-ring (bicyclic) bond motifs is 1. The average molecular weight is 274 g/mol. The van der Waals surface area contributed by atoms with Gasteiger partial charge in [0.25, 0.3) is 0 Å². The van der Waals surface area contributed by atoms with Crippen LogP contribution >= 0.6 is 11.3 Å². The lowest BCUT2D eigenvalue weighted by molar-refractivity contribution is 0.565. The van der Waals surface area contributed by atoms with Gasteiger partial charge in [0.15, 0.2) is 5.82 Å². The molecule has 0 radical (unpaired) electrons. The fourth-order valence-electron chi connectivity index (χ4n) is 1.95. The molecule has 1 unspecified atom stereocenters. The van der Waals surface area contributed by atoms with Crippen LogP contribution in [0, 0.1) is 0 Å². The zero-order chi connectivity index (χ0) is 13.2. The van der Waals surface area contributed by atoms with Crippen LogP contribution in [-0.2, 0) is 0 Å². The number of nitrogens with one attached hydrogen (secondary N) is 1. The summed E-state index contributed by atoms with van der Waals surface area (Å²) in [6.45, 7) is 2.13. The molecule has 0 amide bonds. The van der Waals surface area contributed by atoms with Crippen LogP contribution in [0.25, 0.3) is 16.3 Å².